The standard InChI is InChI=1S/C20H33N3O2/c1-22-14-16-23(17-15-22)13-7-3-6-12-21-20(24)11-8-18-25-19-9-4-2-5-10-19/h2,4-5,9-10H,3,6-8,11-18H2,1H3,(H,21,24). The number of hydrogen-bond donors (Lipinski definition) is 1. The average molecular weight is 348 g/mol. The Kier molecular flexibility index (Phi) is 9.37. The summed E-state index contributed by atoms with van der Waals surface area (Å²) < 4.78 is 5.59. The number of nitrogens with one attached hydrogen (secondary N) is 1. The Morgan fingerprint density at radius 3 is 2.56 bits per heavy atom. The van der Waals surface area contributed by atoms with Gasteiger partial charge in [0, 0.05) is 39.1 Å². The fourth-order valence-electron chi connectivity index (χ4n) is 2.96. The number of carbonyl (C=O) groups is 1. The van der Waals surface area contributed by atoms with Gasteiger partial charge in [-0.05, 0) is 45.0 Å². The van der Waals surface area contributed by atoms with Gasteiger partial charge in [-0.25, -0.2) is 0 Å². The van der Waals surface area contributed by atoms with Gasteiger partial charge in [0.2, 0.25) is 5.91 Å². The molecule has 140 valence electrons. The molecule has 1 aliphatic heterocycles. The molecule has 1 fully saturated rings. The monoisotopic (exact) mass is 347 g/mol. The number of ether oxygens (including phenoxy) is 1. The van der Waals surface area contributed by atoms with Crippen molar-refractivity contribution in [3.8, 4) is 5.75 Å². The Hall–Kier alpha value is -1.59. The summed E-state index contributed by atoms with van der Waals surface area (Å²) in [5.74, 6) is 0.999. The molecule has 0 bridgehead atoms. The zero-order valence-electron chi connectivity index (χ0n) is 15.6. The molecule has 1 heterocycles. The SMILES string of the molecule is CN1CCN(CCCCCNC(=O)CCCOc2ccccc2)CC1. The summed E-state index contributed by atoms with van der Waals surface area (Å²) in [7, 11) is 2.19. The van der Waals surface area contributed by atoms with E-state index in [1.165, 1.54) is 45.6 Å². The van der Waals surface area contributed by atoms with Crippen molar-refractivity contribution in [2.24, 2.45) is 0 Å². The van der Waals surface area contributed by atoms with Crippen LogP contribution < -0.4 is 10.1 Å². The number of hydrogen-bond acceptors (Lipinski definition) is 4. The number of benzene rings is 1. The van der Waals surface area contributed by atoms with Crippen molar-refractivity contribution in [2.75, 3.05) is 52.9 Å². The van der Waals surface area contributed by atoms with E-state index in [4.69, 9.17) is 4.74 Å². The third-order valence-corrected chi connectivity index (χ3v) is 4.63. The Morgan fingerprint density at radius 1 is 1.04 bits per heavy atom. The van der Waals surface area contributed by atoms with Crippen LogP contribution in [-0.2, 0) is 4.79 Å². The van der Waals surface area contributed by atoms with Crippen LogP contribution in [-0.4, -0.2) is 68.6 Å². The predicted molar refractivity (Wildman–Crippen MR) is 102 cm³/mol. The maximum absolute atomic E-state index is 11.8. The van der Waals surface area contributed by atoms with Crippen molar-refractivity contribution in [3.05, 3.63) is 30.3 Å². The van der Waals surface area contributed by atoms with Gasteiger partial charge in [-0.2, -0.15) is 0 Å². The van der Waals surface area contributed by atoms with E-state index >= 15 is 0 Å². The van der Waals surface area contributed by atoms with Crippen molar-refractivity contribution in [1.82, 2.24) is 15.1 Å². The normalized spacial score (nSPS) is 15.9. The molecule has 0 saturated carbocycles. The van der Waals surface area contributed by atoms with E-state index in [1.54, 1.807) is 0 Å². The lowest BCUT2D eigenvalue weighted by molar-refractivity contribution is -0.121. The first-order valence-corrected chi connectivity index (χ1v) is 9.59. The summed E-state index contributed by atoms with van der Waals surface area (Å²) in [5.41, 5.74) is 0. The van der Waals surface area contributed by atoms with Gasteiger partial charge in [0.25, 0.3) is 0 Å². The van der Waals surface area contributed by atoms with Crippen molar-refractivity contribution in [2.45, 2.75) is 32.1 Å². The number of likely N-dealkylation sites (N-methyl/N-ethyl adjacent to an activating group) is 1. The maximum Gasteiger partial charge on any atom is 0.220 e. The number of para-hydroxylation sites is 1. The van der Waals surface area contributed by atoms with Crippen LogP contribution >= 0.6 is 0 Å². The second kappa shape index (κ2) is 11.9. The van der Waals surface area contributed by atoms with E-state index < -0.39 is 0 Å². The minimum absolute atomic E-state index is 0.135. The first kappa shape index (κ1) is 19.7. The molecule has 0 radical (unpaired) electrons. The lowest BCUT2D eigenvalue weighted by Crippen LogP contribution is -2.44. The second-order valence-electron chi connectivity index (χ2n) is 6.82. The molecule has 5 nitrogen and oxygen atoms in total. The van der Waals surface area contributed by atoms with Crippen LogP contribution in [0.15, 0.2) is 30.3 Å². The van der Waals surface area contributed by atoms with E-state index in [0.29, 0.717) is 13.0 Å². The average Bonchev–Trinajstić information content (AvgIpc) is 2.64. The van der Waals surface area contributed by atoms with Crippen molar-refractivity contribution < 1.29 is 9.53 Å². The molecule has 25 heavy (non-hydrogen) atoms. The third kappa shape index (κ3) is 8.89. The largest absolute Gasteiger partial charge is 0.494 e. The fraction of sp³-hybridized carbons (Fsp3) is 0.650. The van der Waals surface area contributed by atoms with E-state index in [1.807, 2.05) is 30.3 Å². The molecule has 2 rings (SSSR count). The van der Waals surface area contributed by atoms with Crippen LogP contribution in [0.3, 0.4) is 0 Å². The van der Waals surface area contributed by atoms with E-state index in [0.717, 1.165) is 25.1 Å². The number of unbranched alkanes of at least 4 members (excludes halogenated alkanes) is 2. The van der Waals surface area contributed by atoms with Crippen LogP contribution in [0.1, 0.15) is 32.1 Å². The molecule has 0 atom stereocenters. The summed E-state index contributed by atoms with van der Waals surface area (Å²) in [6, 6.07) is 9.73. The maximum atomic E-state index is 11.8. The van der Waals surface area contributed by atoms with Crippen LogP contribution in [0.2, 0.25) is 0 Å². The summed E-state index contributed by atoms with van der Waals surface area (Å²) in [6.45, 7) is 7.33. The molecule has 1 N–H and O–H groups in total. The summed E-state index contributed by atoms with van der Waals surface area (Å²) in [5, 5.41) is 3.01. The third-order valence-electron chi connectivity index (χ3n) is 4.63. The van der Waals surface area contributed by atoms with Crippen LogP contribution in [0.5, 0.6) is 5.75 Å². The number of nitrogens with zero attached hydrogens (tertiary/aromatic N) is 2. The van der Waals surface area contributed by atoms with Gasteiger partial charge >= 0.3 is 0 Å². The van der Waals surface area contributed by atoms with E-state index in [-0.39, 0.29) is 5.91 Å². The Bertz CT molecular complexity index is 473. The Labute approximate surface area is 152 Å². The molecule has 1 saturated heterocycles. The fourth-order valence-corrected chi connectivity index (χ4v) is 2.96. The highest BCUT2D eigenvalue weighted by Gasteiger charge is 2.12. The Morgan fingerprint density at radius 2 is 1.80 bits per heavy atom. The van der Waals surface area contributed by atoms with Gasteiger partial charge in [0.05, 0.1) is 6.61 Å². The molecule has 0 spiro atoms. The molecule has 1 amide bonds. The van der Waals surface area contributed by atoms with Crippen molar-refractivity contribution in [1.29, 1.82) is 0 Å². The lowest BCUT2D eigenvalue weighted by atomic mass is 10.2. The van der Waals surface area contributed by atoms with Crippen molar-refractivity contribution in [3.63, 3.8) is 0 Å². The van der Waals surface area contributed by atoms with Gasteiger partial charge in [-0.3, -0.25) is 4.79 Å². The highest BCUT2D eigenvalue weighted by atomic mass is 16.5. The predicted octanol–water partition coefficient (Wildman–Crippen LogP) is 2.38. The quantitative estimate of drug-likeness (QED) is 0.624. The highest BCUT2D eigenvalue weighted by molar-refractivity contribution is 5.75. The summed E-state index contributed by atoms with van der Waals surface area (Å²) in [4.78, 5) is 16.7. The zero-order chi connectivity index (χ0) is 17.7. The number of carbonyl (C=O) groups excluding carboxylic acids is 1. The van der Waals surface area contributed by atoms with E-state index in [2.05, 4.69) is 22.2 Å². The minimum Gasteiger partial charge on any atom is -0.494 e. The van der Waals surface area contributed by atoms with Gasteiger partial charge in [0.15, 0.2) is 0 Å². The minimum atomic E-state index is 0.135. The molecule has 1 aromatic rings. The lowest BCUT2D eigenvalue weighted by Gasteiger charge is -2.32. The molecule has 1 aliphatic rings. The smallest absolute Gasteiger partial charge is 0.220 e. The van der Waals surface area contributed by atoms with Crippen LogP contribution in [0.4, 0.5) is 0 Å². The molecule has 1 aromatic carbocycles. The summed E-state index contributed by atoms with van der Waals surface area (Å²) >= 11 is 0. The van der Waals surface area contributed by atoms with Gasteiger partial charge in [0.1, 0.15) is 5.75 Å². The molecule has 0 aromatic heterocycles. The Balaban J connectivity index is 1.38. The molecular weight excluding hydrogens is 314 g/mol. The first-order valence-electron chi connectivity index (χ1n) is 9.59. The molecule has 0 unspecified atom stereocenters. The van der Waals surface area contributed by atoms with Gasteiger partial charge in [-0.15, -0.1) is 0 Å². The molecule has 0 aliphatic carbocycles. The topological polar surface area (TPSA) is 44.8 Å². The highest BCUT2D eigenvalue weighted by Crippen LogP contribution is 2.08. The van der Waals surface area contributed by atoms with E-state index in [9.17, 15) is 4.79 Å². The number of amides is 1. The van der Waals surface area contributed by atoms with Crippen molar-refractivity contribution >= 4 is 5.91 Å². The van der Waals surface area contributed by atoms with Crippen LogP contribution in [0.25, 0.3) is 0 Å². The number of piperazine rings is 1. The van der Waals surface area contributed by atoms with Gasteiger partial charge in [-0.1, -0.05) is 24.6 Å². The molecular formula is C20H33N3O2. The number of rotatable bonds is 11. The zero-order valence-corrected chi connectivity index (χ0v) is 15.6. The first-order chi connectivity index (χ1) is 12.2. The van der Waals surface area contributed by atoms with Crippen LogP contribution in [0, 0.1) is 0 Å². The second-order valence-corrected chi connectivity index (χ2v) is 6.82. The summed E-state index contributed by atoms with van der Waals surface area (Å²) in [6.07, 6.45) is 4.77. The molecule has 5 heteroatoms. The van der Waals surface area contributed by atoms with Gasteiger partial charge < -0.3 is 19.9 Å².